The molecule has 3 heterocycles. The molecule has 0 saturated carbocycles. The van der Waals surface area contributed by atoms with Crippen molar-refractivity contribution in [3.63, 3.8) is 0 Å². The van der Waals surface area contributed by atoms with E-state index in [2.05, 4.69) is 20.6 Å². The molecule has 112 valence electrons. The minimum absolute atomic E-state index is 0.129. The van der Waals surface area contributed by atoms with Gasteiger partial charge in [-0.1, -0.05) is 5.21 Å². The predicted octanol–water partition coefficient (Wildman–Crippen LogP) is 0.657. The summed E-state index contributed by atoms with van der Waals surface area (Å²) < 4.78 is 12.3. The van der Waals surface area contributed by atoms with Crippen molar-refractivity contribution < 1.29 is 14.3 Å². The van der Waals surface area contributed by atoms with Gasteiger partial charge in [-0.3, -0.25) is 4.79 Å². The molecule has 9 heteroatoms. The van der Waals surface area contributed by atoms with Gasteiger partial charge >= 0.3 is 0 Å². The lowest BCUT2D eigenvalue weighted by atomic mass is 10.3. The number of ether oxygens (including phenoxy) is 2. The highest BCUT2D eigenvalue weighted by Crippen LogP contribution is 2.16. The van der Waals surface area contributed by atoms with E-state index < -0.39 is 0 Å². The SMILES string of the molecule is CC(=O)Nc1nc(Cn2cc(COC3COC3)nn2)cs1. The van der Waals surface area contributed by atoms with Crippen molar-refractivity contribution in [1.82, 2.24) is 20.0 Å². The molecular formula is C12H15N5O3S. The molecular weight excluding hydrogens is 294 g/mol. The fourth-order valence-electron chi connectivity index (χ4n) is 1.75. The van der Waals surface area contributed by atoms with Crippen LogP contribution in [0, 0.1) is 0 Å². The summed E-state index contributed by atoms with van der Waals surface area (Å²) in [5.74, 6) is -0.129. The molecule has 8 nitrogen and oxygen atoms in total. The number of anilines is 1. The van der Waals surface area contributed by atoms with Crippen LogP contribution in [0.3, 0.4) is 0 Å². The first kappa shape index (κ1) is 14.1. The molecule has 1 aliphatic rings. The van der Waals surface area contributed by atoms with E-state index in [1.165, 1.54) is 18.3 Å². The number of carbonyl (C=O) groups excluding carboxylic acids is 1. The third kappa shape index (κ3) is 3.84. The lowest BCUT2D eigenvalue weighted by molar-refractivity contribution is -0.135. The van der Waals surface area contributed by atoms with E-state index in [0.29, 0.717) is 31.5 Å². The molecule has 1 amide bonds. The summed E-state index contributed by atoms with van der Waals surface area (Å²) in [6, 6.07) is 0. The Morgan fingerprint density at radius 2 is 2.43 bits per heavy atom. The van der Waals surface area contributed by atoms with Gasteiger partial charge in [0, 0.05) is 12.3 Å². The highest BCUT2D eigenvalue weighted by molar-refractivity contribution is 7.13. The zero-order chi connectivity index (χ0) is 14.7. The molecule has 1 fully saturated rings. The van der Waals surface area contributed by atoms with E-state index >= 15 is 0 Å². The standard InChI is InChI=1S/C12H15N5O3S/c1-8(18)13-12-14-10(7-21-12)3-17-2-9(15-16-17)4-20-11-5-19-6-11/h2,7,11H,3-6H2,1H3,(H,13,14,18). The number of aromatic nitrogens is 4. The topological polar surface area (TPSA) is 91.2 Å². The number of carbonyl (C=O) groups is 1. The maximum absolute atomic E-state index is 10.9. The molecule has 1 saturated heterocycles. The van der Waals surface area contributed by atoms with Crippen LogP contribution in [-0.2, 0) is 27.4 Å². The number of rotatable bonds is 6. The Morgan fingerprint density at radius 3 is 3.14 bits per heavy atom. The fraction of sp³-hybridized carbons (Fsp3) is 0.500. The van der Waals surface area contributed by atoms with Crippen molar-refractivity contribution in [2.75, 3.05) is 18.5 Å². The number of nitrogens with one attached hydrogen (secondary N) is 1. The van der Waals surface area contributed by atoms with Gasteiger partial charge in [0.15, 0.2) is 5.13 Å². The first-order valence-corrected chi connectivity index (χ1v) is 7.37. The maximum atomic E-state index is 10.9. The van der Waals surface area contributed by atoms with Crippen LogP contribution in [0.5, 0.6) is 0 Å². The Morgan fingerprint density at radius 1 is 1.57 bits per heavy atom. The summed E-state index contributed by atoms with van der Waals surface area (Å²) in [4.78, 5) is 15.2. The van der Waals surface area contributed by atoms with E-state index in [0.717, 1.165) is 11.4 Å². The van der Waals surface area contributed by atoms with Gasteiger partial charge in [-0.15, -0.1) is 16.4 Å². The highest BCUT2D eigenvalue weighted by Gasteiger charge is 2.19. The molecule has 0 bridgehead atoms. The summed E-state index contributed by atoms with van der Waals surface area (Å²) in [5.41, 5.74) is 1.60. The van der Waals surface area contributed by atoms with Gasteiger partial charge in [0.05, 0.1) is 38.3 Å². The van der Waals surface area contributed by atoms with E-state index in [1.54, 1.807) is 4.68 Å². The number of thiazole rings is 1. The fourth-order valence-corrected chi connectivity index (χ4v) is 2.50. The molecule has 2 aromatic rings. The first-order chi connectivity index (χ1) is 10.2. The van der Waals surface area contributed by atoms with E-state index in [-0.39, 0.29) is 12.0 Å². The van der Waals surface area contributed by atoms with Crippen molar-refractivity contribution in [1.29, 1.82) is 0 Å². The molecule has 3 rings (SSSR count). The second-order valence-corrected chi connectivity index (χ2v) is 5.56. The average Bonchev–Trinajstić information content (AvgIpc) is 2.97. The lowest BCUT2D eigenvalue weighted by Gasteiger charge is -2.25. The molecule has 1 N–H and O–H groups in total. The minimum atomic E-state index is -0.129. The number of nitrogens with zero attached hydrogens (tertiary/aromatic N) is 4. The van der Waals surface area contributed by atoms with Crippen LogP contribution in [-0.4, -0.2) is 45.2 Å². The van der Waals surface area contributed by atoms with Gasteiger partial charge in [0.1, 0.15) is 11.8 Å². The number of amides is 1. The predicted molar refractivity (Wildman–Crippen MR) is 74.9 cm³/mol. The lowest BCUT2D eigenvalue weighted by Crippen LogP contribution is -2.35. The summed E-state index contributed by atoms with van der Waals surface area (Å²) >= 11 is 1.39. The number of hydrogen-bond donors (Lipinski definition) is 1. The normalized spacial score (nSPS) is 14.9. The van der Waals surface area contributed by atoms with Crippen LogP contribution in [0.25, 0.3) is 0 Å². The molecule has 0 aromatic carbocycles. The largest absolute Gasteiger partial charge is 0.376 e. The van der Waals surface area contributed by atoms with Crippen molar-refractivity contribution in [2.24, 2.45) is 0 Å². The van der Waals surface area contributed by atoms with Gasteiger partial charge in [-0.05, 0) is 0 Å². The molecule has 1 aliphatic heterocycles. The third-order valence-electron chi connectivity index (χ3n) is 2.82. The van der Waals surface area contributed by atoms with E-state index in [1.807, 2.05) is 11.6 Å². The van der Waals surface area contributed by atoms with Crippen molar-refractivity contribution in [2.45, 2.75) is 26.2 Å². The molecule has 0 atom stereocenters. The second kappa shape index (κ2) is 6.29. The monoisotopic (exact) mass is 309 g/mol. The molecule has 2 aromatic heterocycles. The summed E-state index contributed by atoms with van der Waals surface area (Å²) in [5, 5.41) is 13.2. The Bertz CT molecular complexity index is 622. The zero-order valence-corrected chi connectivity index (χ0v) is 12.3. The van der Waals surface area contributed by atoms with Crippen molar-refractivity contribution >= 4 is 22.4 Å². The summed E-state index contributed by atoms with van der Waals surface area (Å²) in [6.45, 7) is 3.70. The molecule has 21 heavy (non-hydrogen) atoms. The molecule has 0 radical (unpaired) electrons. The van der Waals surface area contributed by atoms with Crippen LogP contribution >= 0.6 is 11.3 Å². The number of hydrogen-bond acceptors (Lipinski definition) is 7. The average molecular weight is 309 g/mol. The highest BCUT2D eigenvalue weighted by atomic mass is 32.1. The smallest absolute Gasteiger partial charge is 0.223 e. The summed E-state index contributed by atoms with van der Waals surface area (Å²) in [7, 11) is 0. The Kier molecular flexibility index (Phi) is 4.23. The van der Waals surface area contributed by atoms with Crippen LogP contribution in [0.2, 0.25) is 0 Å². The van der Waals surface area contributed by atoms with Crippen molar-refractivity contribution in [3.05, 3.63) is 23.0 Å². The van der Waals surface area contributed by atoms with Gasteiger partial charge < -0.3 is 14.8 Å². The van der Waals surface area contributed by atoms with Crippen molar-refractivity contribution in [3.8, 4) is 0 Å². The van der Waals surface area contributed by atoms with E-state index in [9.17, 15) is 4.79 Å². The van der Waals surface area contributed by atoms with E-state index in [4.69, 9.17) is 9.47 Å². The zero-order valence-electron chi connectivity index (χ0n) is 11.5. The summed E-state index contributed by atoms with van der Waals surface area (Å²) in [6.07, 6.45) is 2.01. The van der Waals surface area contributed by atoms with Gasteiger partial charge in [0.2, 0.25) is 5.91 Å². The first-order valence-electron chi connectivity index (χ1n) is 6.49. The van der Waals surface area contributed by atoms with Gasteiger partial charge in [-0.2, -0.15) is 0 Å². The van der Waals surface area contributed by atoms with Crippen LogP contribution < -0.4 is 5.32 Å². The maximum Gasteiger partial charge on any atom is 0.223 e. The molecule has 0 unspecified atom stereocenters. The van der Waals surface area contributed by atoms with Crippen LogP contribution in [0.15, 0.2) is 11.6 Å². The molecule has 0 aliphatic carbocycles. The van der Waals surface area contributed by atoms with Crippen LogP contribution in [0.4, 0.5) is 5.13 Å². The Balaban J connectivity index is 1.53. The Hall–Kier alpha value is -1.84. The van der Waals surface area contributed by atoms with Gasteiger partial charge in [0.25, 0.3) is 0 Å². The Labute approximate surface area is 125 Å². The second-order valence-electron chi connectivity index (χ2n) is 4.70. The molecule has 0 spiro atoms. The third-order valence-corrected chi connectivity index (χ3v) is 3.63. The minimum Gasteiger partial charge on any atom is -0.376 e. The van der Waals surface area contributed by atoms with Crippen LogP contribution in [0.1, 0.15) is 18.3 Å². The van der Waals surface area contributed by atoms with Gasteiger partial charge in [-0.25, -0.2) is 9.67 Å². The quantitative estimate of drug-likeness (QED) is 0.843.